The van der Waals surface area contributed by atoms with Gasteiger partial charge >= 0.3 is 0 Å². The standard InChI is InChI=1S/C26H23N3O4/c1-16(19-9-6-10-21(13-19)28-17(2)30)27-24(31)20-11-12-22-23(14-20)26(33)29(25(22)32)15-18-7-4-3-5-8-18/h3-14,16H,15H2,1-2H3,(H,27,31)(H,28,30). The maximum Gasteiger partial charge on any atom is 0.261 e. The van der Waals surface area contributed by atoms with Gasteiger partial charge in [0.25, 0.3) is 17.7 Å². The van der Waals surface area contributed by atoms with Crippen molar-refractivity contribution in [2.24, 2.45) is 0 Å². The van der Waals surface area contributed by atoms with Gasteiger partial charge in [-0.1, -0.05) is 42.5 Å². The van der Waals surface area contributed by atoms with Gasteiger partial charge in [0.05, 0.1) is 23.7 Å². The van der Waals surface area contributed by atoms with Gasteiger partial charge in [0.1, 0.15) is 0 Å². The molecule has 2 N–H and O–H groups in total. The van der Waals surface area contributed by atoms with Crippen molar-refractivity contribution < 1.29 is 19.2 Å². The van der Waals surface area contributed by atoms with Gasteiger partial charge in [-0.05, 0) is 48.4 Å². The van der Waals surface area contributed by atoms with Crippen LogP contribution in [0.5, 0.6) is 0 Å². The molecule has 0 aromatic heterocycles. The number of imide groups is 1. The highest BCUT2D eigenvalue weighted by molar-refractivity contribution is 6.22. The summed E-state index contributed by atoms with van der Waals surface area (Å²) in [6.07, 6.45) is 0. The fourth-order valence-corrected chi connectivity index (χ4v) is 3.79. The van der Waals surface area contributed by atoms with Crippen LogP contribution < -0.4 is 10.6 Å². The van der Waals surface area contributed by atoms with Gasteiger partial charge in [0.15, 0.2) is 0 Å². The topological polar surface area (TPSA) is 95.6 Å². The molecule has 0 bridgehead atoms. The first-order chi connectivity index (χ1) is 15.8. The minimum Gasteiger partial charge on any atom is -0.346 e. The molecule has 1 unspecified atom stereocenters. The Hall–Kier alpha value is -4.26. The van der Waals surface area contributed by atoms with E-state index in [1.807, 2.05) is 43.3 Å². The maximum absolute atomic E-state index is 12.9. The molecule has 33 heavy (non-hydrogen) atoms. The van der Waals surface area contributed by atoms with Gasteiger partial charge < -0.3 is 10.6 Å². The molecule has 1 heterocycles. The number of hydrogen-bond acceptors (Lipinski definition) is 4. The average molecular weight is 441 g/mol. The molecule has 4 amide bonds. The third-order valence-corrected chi connectivity index (χ3v) is 5.47. The van der Waals surface area contributed by atoms with Gasteiger partial charge in [0.2, 0.25) is 5.91 Å². The summed E-state index contributed by atoms with van der Waals surface area (Å²) in [5.41, 5.74) is 3.12. The number of fused-ring (bicyclic) bond motifs is 1. The Kier molecular flexibility index (Phi) is 6.04. The molecule has 0 fully saturated rings. The van der Waals surface area contributed by atoms with Crippen LogP contribution in [0.15, 0.2) is 72.8 Å². The van der Waals surface area contributed by atoms with E-state index in [2.05, 4.69) is 10.6 Å². The van der Waals surface area contributed by atoms with E-state index in [9.17, 15) is 19.2 Å². The first kappa shape index (κ1) is 22.0. The second-order valence-corrected chi connectivity index (χ2v) is 7.94. The van der Waals surface area contributed by atoms with Crippen molar-refractivity contribution in [3.8, 4) is 0 Å². The lowest BCUT2D eigenvalue weighted by molar-refractivity contribution is -0.114. The summed E-state index contributed by atoms with van der Waals surface area (Å²) >= 11 is 0. The van der Waals surface area contributed by atoms with Crippen molar-refractivity contribution in [2.75, 3.05) is 5.32 Å². The van der Waals surface area contributed by atoms with Crippen LogP contribution in [0, 0.1) is 0 Å². The summed E-state index contributed by atoms with van der Waals surface area (Å²) in [7, 11) is 0. The molecule has 1 aliphatic rings. The highest BCUT2D eigenvalue weighted by Gasteiger charge is 2.36. The SMILES string of the molecule is CC(=O)Nc1cccc(C(C)NC(=O)c2ccc3c(c2)C(=O)N(Cc2ccccc2)C3=O)c1. The summed E-state index contributed by atoms with van der Waals surface area (Å²) in [6.45, 7) is 3.43. The number of benzene rings is 3. The highest BCUT2D eigenvalue weighted by atomic mass is 16.2. The van der Waals surface area contributed by atoms with Crippen molar-refractivity contribution in [3.05, 3.63) is 101 Å². The summed E-state index contributed by atoms with van der Waals surface area (Å²) in [5, 5.41) is 5.62. The van der Waals surface area contributed by atoms with Gasteiger partial charge in [-0.15, -0.1) is 0 Å². The average Bonchev–Trinajstić information content (AvgIpc) is 3.04. The molecule has 0 radical (unpaired) electrons. The fourth-order valence-electron chi connectivity index (χ4n) is 3.79. The maximum atomic E-state index is 12.9. The molecule has 7 heteroatoms. The Morgan fingerprint density at radius 2 is 1.61 bits per heavy atom. The first-order valence-corrected chi connectivity index (χ1v) is 10.6. The normalized spacial score (nSPS) is 13.5. The van der Waals surface area contributed by atoms with Crippen molar-refractivity contribution in [2.45, 2.75) is 26.4 Å². The minimum absolute atomic E-state index is 0.177. The van der Waals surface area contributed by atoms with E-state index in [1.54, 1.807) is 24.3 Å². The van der Waals surface area contributed by atoms with E-state index in [1.165, 1.54) is 24.0 Å². The molecule has 1 atom stereocenters. The molecule has 7 nitrogen and oxygen atoms in total. The third kappa shape index (κ3) is 4.67. The molecule has 3 aromatic carbocycles. The van der Waals surface area contributed by atoms with Crippen molar-refractivity contribution in [1.29, 1.82) is 0 Å². The monoisotopic (exact) mass is 441 g/mol. The lowest BCUT2D eigenvalue weighted by Gasteiger charge is -2.16. The van der Waals surface area contributed by atoms with Crippen molar-refractivity contribution in [1.82, 2.24) is 10.2 Å². The van der Waals surface area contributed by atoms with Gasteiger partial charge in [0, 0.05) is 18.2 Å². The Morgan fingerprint density at radius 3 is 2.33 bits per heavy atom. The quantitative estimate of drug-likeness (QED) is 0.567. The molecule has 0 aliphatic carbocycles. The molecular weight excluding hydrogens is 418 g/mol. The van der Waals surface area contributed by atoms with Gasteiger partial charge in [-0.2, -0.15) is 0 Å². The number of anilines is 1. The summed E-state index contributed by atoms with van der Waals surface area (Å²) in [4.78, 5) is 51.0. The van der Waals surface area contributed by atoms with E-state index in [0.29, 0.717) is 16.8 Å². The zero-order chi connectivity index (χ0) is 23.5. The summed E-state index contributed by atoms with van der Waals surface area (Å²) in [5.74, 6) is -1.32. The predicted molar refractivity (Wildman–Crippen MR) is 124 cm³/mol. The number of carbonyl (C=O) groups excluding carboxylic acids is 4. The van der Waals surface area contributed by atoms with Crippen LogP contribution >= 0.6 is 0 Å². The Labute approximate surface area is 191 Å². The van der Waals surface area contributed by atoms with E-state index in [-0.39, 0.29) is 35.9 Å². The van der Waals surface area contributed by atoms with E-state index in [4.69, 9.17) is 0 Å². The fraction of sp³-hybridized carbons (Fsp3) is 0.154. The highest BCUT2D eigenvalue weighted by Crippen LogP contribution is 2.26. The smallest absolute Gasteiger partial charge is 0.261 e. The van der Waals surface area contributed by atoms with Gasteiger partial charge in [-0.3, -0.25) is 24.1 Å². The molecular formula is C26H23N3O4. The predicted octanol–water partition coefficient (Wildman–Crippen LogP) is 3.93. The number of nitrogens with one attached hydrogen (secondary N) is 2. The van der Waals surface area contributed by atoms with Crippen LogP contribution in [0.1, 0.15) is 62.1 Å². The number of rotatable bonds is 6. The molecule has 1 aliphatic heterocycles. The zero-order valence-corrected chi connectivity index (χ0v) is 18.3. The number of nitrogens with zero attached hydrogens (tertiary/aromatic N) is 1. The van der Waals surface area contributed by atoms with E-state index in [0.717, 1.165) is 11.1 Å². The zero-order valence-electron chi connectivity index (χ0n) is 18.3. The minimum atomic E-state index is -0.412. The second kappa shape index (κ2) is 9.08. The van der Waals surface area contributed by atoms with Gasteiger partial charge in [-0.25, -0.2) is 0 Å². The molecule has 166 valence electrons. The van der Waals surface area contributed by atoms with Crippen LogP contribution in [0.3, 0.4) is 0 Å². The van der Waals surface area contributed by atoms with Crippen LogP contribution in [-0.4, -0.2) is 28.5 Å². The van der Waals surface area contributed by atoms with Crippen LogP contribution in [0.25, 0.3) is 0 Å². The first-order valence-electron chi connectivity index (χ1n) is 10.6. The molecule has 3 aromatic rings. The Bertz CT molecular complexity index is 1250. The van der Waals surface area contributed by atoms with Crippen LogP contribution in [0.2, 0.25) is 0 Å². The molecule has 0 saturated carbocycles. The number of hydrogen-bond donors (Lipinski definition) is 2. The van der Waals surface area contributed by atoms with Crippen LogP contribution in [0.4, 0.5) is 5.69 Å². The van der Waals surface area contributed by atoms with Crippen molar-refractivity contribution in [3.63, 3.8) is 0 Å². The second-order valence-electron chi connectivity index (χ2n) is 7.94. The Balaban J connectivity index is 1.49. The molecule has 0 spiro atoms. The summed E-state index contributed by atoms with van der Waals surface area (Å²) < 4.78 is 0. The Morgan fingerprint density at radius 1 is 0.879 bits per heavy atom. The lowest BCUT2D eigenvalue weighted by Crippen LogP contribution is -2.29. The third-order valence-electron chi connectivity index (χ3n) is 5.47. The number of amides is 4. The van der Waals surface area contributed by atoms with E-state index >= 15 is 0 Å². The largest absolute Gasteiger partial charge is 0.346 e. The molecule has 0 saturated heterocycles. The lowest BCUT2D eigenvalue weighted by atomic mass is 10.0. The van der Waals surface area contributed by atoms with E-state index < -0.39 is 5.91 Å². The number of carbonyl (C=O) groups is 4. The summed E-state index contributed by atoms with van der Waals surface area (Å²) in [6, 6.07) is 20.7. The van der Waals surface area contributed by atoms with Crippen molar-refractivity contribution >= 4 is 29.3 Å². The molecule has 4 rings (SSSR count). The van der Waals surface area contributed by atoms with Crippen LogP contribution in [-0.2, 0) is 11.3 Å².